The molecule has 0 spiro atoms. The van der Waals surface area contributed by atoms with Crippen LogP contribution < -0.4 is 0 Å². The van der Waals surface area contributed by atoms with Crippen LogP contribution in [-0.2, 0) is 9.53 Å². The number of allylic oxidation sites excluding steroid dienone is 6. The van der Waals surface area contributed by atoms with Crippen molar-refractivity contribution in [2.45, 2.75) is 119 Å². The highest BCUT2D eigenvalue weighted by molar-refractivity contribution is 5.70. The zero-order valence-corrected chi connectivity index (χ0v) is 21.2. The van der Waals surface area contributed by atoms with Gasteiger partial charge in [-0.15, -0.1) is 0 Å². The van der Waals surface area contributed by atoms with Crippen LogP contribution >= 0.6 is 0 Å². The Bertz CT molecular complexity index is 609. The Labute approximate surface area is 187 Å². The van der Waals surface area contributed by atoms with Crippen LogP contribution in [0.5, 0.6) is 0 Å². The number of carbonyl (C=O) groups excluding carboxylic acids is 1. The molecule has 1 atom stereocenters. The minimum atomic E-state index is -0.586. The number of rotatable bonds is 14. The van der Waals surface area contributed by atoms with Crippen LogP contribution in [0.3, 0.4) is 0 Å². The molecule has 0 fully saturated rings. The van der Waals surface area contributed by atoms with Crippen LogP contribution in [0.15, 0.2) is 47.6 Å². The lowest BCUT2D eigenvalue weighted by molar-refractivity contribution is -0.154. The smallest absolute Gasteiger partial charge is 0.306 e. The van der Waals surface area contributed by atoms with Gasteiger partial charge < -0.3 is 4.74 Å². The molecule has 0 saturated heterocycles. The van der Waals surface area contributed by atoms with E-state index in [1.54, 1.807) is 6.08 Å². The van der Waals surface area contributed by atoms with Crippen molar-refractivity contribution < 1.29 is 9.53 Å². The van der Waals surface area contributed by atoms with Crippen LogP contribution in [0.1, 0.15) is 113 Å². The quantitative estimate of drug-likeness (QED) is 0.209. The maximum absolute atomic E-state index is 12.2. The Morgan fingerprint density at radius 1 is 0.800 bits per heavy atom. The lowest BCUT2D eigenvalue weighted by Crippen LogP contribution is -2.29. The number of hydrogen-bond donors (Lipinski definition) is 0. The first kappa shape index (κ1) is 28.4. The average molecular weight is 417 g/mol. The third-order valence-electron chi connectivity index (χ3n) is 5.34. The molecular weight excluding hydrogens is 368 g/mol. The standard InChI is InChI=1S/C28H48O2/c1-10-28(9,30-26(29)20-14-21-27(6,7)8)22-13-19-25(5)18-12-17-24(4)16-11-15-23(2)3/h10,15,17,19H,1,11-14,16,18,20-22H2,2-9H3/b24-17+,25-19+. The second-order valence-electron chi connectivity index (χ2n) is 10.4. The van der Waals surface area contributed by atoms with E-state index in [2.05, 4.69) is 73.3 Å². The van der Waals surface area contributed by atoms with Crippen LogP contribution in [0.2, 0.25) is 0 Å². The summed E-state index contributed by atoms with van der Waals surface area (Å²) in [5, 5.41) is 0. The number of esters is 1. The fourth-order valence-corrected chi connectivity index (χ4v) is 3.21. The molecule has 0 radical (unpaired) electrons. The molecule has 0 saturated carbocycles. The lowest BCUT2D eigenvalue weighted by Gasteiger charge is -2.26. The van der Waals surface area contributed by atoms with Gasteiger partial charge in [-0.05, 0) is 97.5 Å². The molecule has 2 nitrogen and oxygen atoms in total. The van der Waals surface area contributed by atoms with Gasteiger partial charge in [0.25, 0.3) is 0 Å². The Kier molecular flexibility index (Phi) is 13.7. The molecule has 0 rings (SSSR count). The highest BCUT2D eigenvalue weighted by Crippen LogP contribution is 2.24. The normalized spacial score (nSPS) is 14.8. The summed E-state index contributed by atoms with van der Waals surface area (Å²) in [5.74, 6) is -0.115. The first-order valence-electron chi connectivity index (χ1n) is 11.7. The molecule has 172 valence electrons. The first-order valence-corrected chi connectivity index (χ1v) is 11.7. The average Bonchev–Trinajstić information content (AvgIpc) is 2.60. The Hall–Kier alpha value is -1.57. The number of hydrogen-bond acceptors (Lipinski definition) is 2. The van der Waals surface area contributed by atoms with Crippen molar-refractivity contribution in [3.63, 3.8) is 0 Å². The van der Waals surface area contributed by atoms with Crippen LogP contribution in [0.4, 0.5) is 0 Å². The lowest BCUT2D eigenvalue weighted by atomic mass is 9.90. The monoisotopic (exact) mass is 416 g/mol. The van der Waals surface area contributed by atoms with E-state index in [0.717, 1.165) is 51.4 Å². The van der Waals surface area contributed by atoms with Crippen molar-refractivity contribution in [2.24, 2.45) is 5.41 Å². The van der Waals surface area contributed by atoms with Crippen molar-refractivity contribution in [3.8, 4) is 0 Å². The van der Waals surface area contributed by atoms with Crippen molar-refractivity contribution in [1.29, 1.82) is 0 Å². The highest BCUT2D eigenvalue weighted by Gasteiger charge is 2.24. The molecule has 0 bridgehead atoms. The molecule has 0 N–H and O–H groups in total. The summed E-state index contributed by atoms with van der Waals surface area (Å²) in [7, 11) is 0. The van der Waals surface area contributed by atoms with Gasteiger partial charge in [-0.1, -0.05) is 62.3 Å². The fourth-order valence-electron chi connectivity index (χ4n) is 3.21. The van der Waals surface area contributed by atoms with E-state index in [4.69, 9.17) is 4.74 Å². The van der Waals surface area contributed by atoms with Crippen molar-refractivity contribution in [1.82, 2.24) is 0 Å². The molecule has 1 unspecified atom stereocenters. The zero-order chi connectivity index (χ0) is 23.2. The Morgan fingerprint density at radius 2 is 1.33 bits per heavy atom. The maximum atomic E-state index is 12.2. The molecule has 0 aliphatic heterocycles. The topological polar surface area (TPSA) is 26.3 Å². The van der Waals surface area contributed by atoms with E-state index in [1.165, 1.54) is 16.7 Å². The Morgan fingerprint density at radius 3 is 1.83 bits per heavy atom. The van der Waals surface area contributed by atoms with Gasteiger partial charge in [0.15, 0.2) is 0 Å². The molecule has 2 heteroatoms. The first-order chi connectivity index (χ1) is 13.9. The fraction of sp³-hybridized carbons (Fsp3) is 0.679. The number of ether oxygens (including phenoxy) is 1. The van der Waals surface area contributed by atoms with E-state index >= 15 is 0 Å². The summed E-state index contributed by atoms with van der Waals surface area (Å²) in [6.45, 7) is 21.2. The highest BCUT2D eigenvalue weighted by atomic mass is 16.6. The third kappa shape index (κ3) is 16.3. The van der Waals surface area contributed by atoms with E-state index < -0.39 is 5.60 Å². The predicted molar refractivity (Wildman–Crippen MR) is 133 cm³/mol. The summed E-state index contributed by atoms with van der Waals surface area (Å²) >= 11 is 0. The van der Waals surface area contributed by atoms with E-state index in [0.29, 0.717) is 6.42 Å². The Balaban J connectivity index is 4.35. The summed E-state index contributed by atoms with van der Waals surface area (Å²) < 4.78 is 5.75. The maximum Gasteiger partial charge on any atom is 0.306 e. The van der Waals surface area contributed by atoms with Crippen molar-refractivity contribution in [3.05, 3.63) is 47.6 Å². The van der Waals surface area contributed by atoms with E-state index in [-0.39, 0.29) is 11.4 Å². The summed E-state index contributed by atoms with van der Waals surface area (Å²) in [6.07, 6.45) is 17.2. The summed E-state index contributed by atoms with van der Waals surface area (Å²) in [6, 6.07) is 0. The van der Waals surface area contributed by atoms with Gasteiger partial charge in [0.2, 0.25) is 0 Å². The largest absolute Gasteiger partial charge is 0.455 e. The summed E-state index contributed by atoms with van der Waals surface area (Å²) in [5.41, 5.74) is 3.92. The number of carbonyl (C=O) groups is 1. The van der Waals surface area contributed by atoms with E-state index in [9.17, 15) is 4.79 Å². The third-order valence-corrected chi connectivity index (χ3v) is 5.34. The second-order valence-corrected chi connectivity index (χ2v) is 10.4. The van der Waals surface area contributed by atoms with Gasteiger partial charge in [-0.25, -0.2) is 0 Å². The SMILES string of the molecule is C=CC(C)(CC/C=C(\C)CC/C=C(\C)CCC=C(C)C)OC(=O)CCCC(C)(C)C. The van der Waals surface area contributed by atoms with E-state index in [1.807, 2.05) is 6.92 Å². The van der Waals surface area contributed by atoms with Crippen LogP contribution in [0.25, 0.3) is 0 Å². The molecule has 0 aliphatic carbocycles. The molecule has 0 aliphatic rings. The minimum Gasteiger partial charge on any atom is -0.455 e. The van der Waals surface area contributed by atoms with Gasteiger partial charge in [0.05, 0.1) is 0 Å². The summed E-state index contributed by atoms with van der Waals surface area (Å²) in [4.78, 5) is 12.2. The van der Waals surface area contributed by atoms with Gasteiger partial charge in [-0.2, -0.15) is 0 Å². The van der Waals surface area contributed by atoms with Crippen LogP contribution in [0, 0.1) is 5.41 Å². The molecule has 0 aromatic rings. The van der Waals surface area contributed by atoms with Gasteiger partial charge in [-0.3, -0.25) is 4.79 Å². The molecular formula is C28H48O2. The second kappa shape index (κ2) is 14.4. The van der Waals surface area contributed by atoms with Gasteiger partial charge in [0.1, 0.15) is 5.60 Å². The molecule has 0 amide bonds. The predicted octanol–water partition coefficient (Wildman–Crippen LogP) is 8.89. The molecule has 0 aromatic carbocycles. The van der Waals surface area contributed by atoms with Gasteiger partial charge in [0, 0.05) is 6.42 Å². The molecule has 0 heterocycles. The van der Waals surface area contributed by atoms with Crippen molar-refractivity contribution in [2.75, 3.05) is 0 Å². The molecule has 0 aromatic heterocycles. The van der Waals surface area contributed by atoms with Crippen molar-refractivity contribution >= 4 is 5.97 Å². The zero-order valence-electron chi connectivity index (χ0n) is 21.2. The minimum absolute atomic E-state index is 0.115. The van der Waals surface area contributed by atoms with Crippen LogP contribution in [-0.4, -0.2) is 11.6 Å². The van der Waals surface area contributed by atoms with Gasteiger partial charge >= 0.3 is 5.97 Å². The molecule has 30 heavy (non-hydrogen) atoms.